The minimum Gasteiger partial charge on any atom is -0.542 e. The molecule has 2 aromatic carbocycles. The van der Waals surface area contributed by atoms with Crippen LogP contribution in [0.3, 0.4) is 0 Å². The van der Waals surface area contributed by atoms with E-state index in [0.29, 0.717) is 0 Å². The average Bonchev–Trinajstić information content (AvgIpc) is 2.65. The molecule has 0 unspecified atom stereocenters. The van der Waals surface area contributed by atoms with Crippen molar-refractivity contribution in [2.75, 3.05) is 0 Å². The fourth-order valence-electron chi connectivity index (χ4n) is 3.96. The lowest BCUT2D eigenvalue weighted by Gasteiger charge is -2.27. The fraction of sp³-hybridized carbons (Fsp3) is 0.375. The summed E-state index contributed by atoms with van der Waals surface area (Å²) in [7, 11) is -0.892. The molecule has 0 aliphatic carbocycles. The molecule has 0 bridgehead atoms. The molecule has 0 spiro atoms. The van der Waals surface area contributed by atoms with Crippen LogP contribution in [0.2, 0.25) is 13.1 Å². The molecule has 0 fully saturated rings. The molecule has 6 heteroatoms. The summed E-state index contributed by atoms with van der Waals surface area (Å²) in [5.41, 5.74) is 5.65. The van der Waals surface area contributed by atoms with Gasteiger partial charge in [-0.3, -0.25) is 15.1 Å². The van der Waals surface area contributed by atoms with Crippen molar-refractivity contribution in [3.63, 3.8) is 0 Å². The van der Waals surface area contributed by atoms with Gasteiger partial charge < -0.3 is 4.43 Å². The SMILES string of the molecule is Cc1c(CCc2ccc([N+](=O)[O-])cc2)nc2cccc(O[Si](C)C)c2c1C(C)(C)C. The van der Waals surface area contributed by atoms with Crippen LogP contribution in [-0.2, 0) is 18.3 Å². The topological polar surface area (TPSA) is 65.3 Å². The molecule has 0 aliphatic rings. The average molecular weight is 422 g/mol. The van der Waals surface area contributed by atoms with Gasteiger partial charge in [0.05, 0.1) is 10.4 Å². The van der Waals surface area contributed by atoms with Gasteiger partial charge in [0.25, 0.3) is 14.7 Å². The van der Waals surface area contributed by atoms with Crippen molar-refractivity contribution in [2.45, 2.75) is 59.0 Å². The van der Waals surface area contributed by atoms with E-state index in [1.54, 1.807) is 12.1 Å². The highest BCUT2D eigenvalue weighted by Crippen LogP contribution is 2.38. The van der Waals surface area contributed by atoms with Gasteiger partial charge in [-0.2, -0.15) is 0 Å². The number of aryl methyl sites for hydroxylation is 2. The molecule has 157 valence electrons. The van der Waals surface area contributed by atoms with Gasteiger partial charge in [0.2, 0.25) is 0 Å². The number of nitro benzene ring substituents is 1. The third kappa shape index (κ3) is 4.70. The summed E-state index contributed by atoms with van der Waals surface area (Å²) in [6.07, 6.45) is 1.57. The number of non-ortho nitro benzene ring substituents is 1. The third-order valence-corrected chi connectivity index (χ3v) is 5.81. The van der Waals surface area contributed by atoms with Gasteiger partial charge in [0.15, 0.2) is 0 Å². The van der Waals surface area contributed by atoms with Crippen molar-refractivity contribution in [3.8, 4) is 5.75 Å². The van der Waals surface area contributed by atoms with E-state index in [9.17, 15) is 10.1 Å². The maximum atomic E-state index is 10.9. The number of benzene rings is 2. The number of rotatable bonds is 6. The van der Waals surface area contributed by atoms with E-state index >= 15 is 0 Å². The standard InChI is InChI=1S/C24H29N2O3Si/c1-16-19(15-12-17-10-13-18(14-11-17)26(27)28)25-20-8-7-9-21(29-30(5)6)22(20)23(16)24(2,3)4/h7-11,13-14H,12,15H2,1-6H3. The molecule has 0 atom stereocenters. The Labute approximate surface area is 180 Å². The number of hydrogen-bond acceptors (Lipinski definition) is 4. The highest BCUT2D eigenvalue weighted by atomic mass is 28.3. The number of nitrogens with zero attached hydrogens (tertiary/aromatic N) is 2. The molecule has 0 saturated carbocycles. The second kappa shape index (κ2) is 8.56. The van der Waals surface area contributed by atoms with E-state index in [4.69, 9.17) is 9.41 Å². The molecule has 1 radical (unpaired) electrons. The van der Waals surface area contributed by atoms with E-state index in [1.165, 1.54) is 11.1 Å². The van der Waals surface area contributed by atoms with Crippen molar-refractivity contribution in [1.82, 2.24) is 4.98 Å². The Morgan fingerprint density at radius 1 is 1.07 bits per heavy atom. The fourth-order valence-corrected chi connectivity index (χ4v) is 4.57. The van der Waals surface area contributed by atoms with E-state index in [2.05, 4.69) is 46.9 Å². The molecule has 1 heterocycles. The predicted octanol–water partition coefficient (Wildman–Crippen LogP) is 6.16. The van der Waals surface area contributed by atoms with E-state index < -0.39 is 9.04 Å². The lowest BCUT2D eigenvalue weighted by molar-refractivity contribution is -0.384. The lowest BCUT2D eigenvalue weighted by atomic mass is 9.80. The monoisotopic (exact) mass is 421 g/mol. The van der Waals surface area contributed by atoms with Crippen molar-refractivity contribution in [3.05, 3.63) is 75.0 Å². The minimum atomic E-state index is -0.892. The number of nitro groups is 1. The van der Waals surface area contributed by atoms with Crippen LogP contribution in [0.1, 0.15) is 43.2 Å². The van der Waals surface area contributed by atoms with Crippen LogP contribution in [0.15, 0.2) is 42.5 Å². The normalized spacial score (nSPS) is 11.8. The van der Waals surface area contributed by atoms with Gasteiger partial charge in [-0.25, -0.2) is 0 Å². The maximum absolute atomic E-state index is 10.9. The van der Waals surface area contributed by atoms with Crippen molar-refractivity contribution in [2.24, 2.45) is 0 Å². The van der Waals surface area contributed by atoms with Crippen LogP contribution in [0.25, 0.3) is 10.9 Å². The van der Waals surface area contributed by atoms with Crippen LogP contribution < -0.4 is 4.43 Å². The molecule has 1 aromatic heterocycles. The molecular formula is C24H29N2O3Si. The summed E-state index contributed by atoms with van der Waals surface area (Å²) in [6.45, 7) is 13.1. The van der Waals surface area contributed by atoms with Crippen molar-refractivity contribution >= 4 is 25.6 Å². The molecular weight excluding hydrogens is 392 g/mol. The first-order valence-electron chi connectivity index (χ1n) is 10.2. The van der Waals surface area contributed by atoms with Gasteiger partial charge in [-0.05, 0) is 67.1 Å². The maximum Gasteiger partial charge on any atom is 0.274 e. The summed E-state index contributed by atoms with van der Waals surface area (Å²) >= 11 is 0. The van der Waals surface area contributed by atoms with Crippen molar-refractivity contribution < 1.29 is 9.35 Å². The van der Waals surface area contributed by atoms with Gasteiger partial charge >= 0.3 is 0 Å². The molecule has 3 rings (SSSR count). The summed E-state index contributed by atoms with van der Waals surface area (Å²) in [6, 6.07) is 12.9. The van der Waals surface area contributed by atoms with Gasteiger partial charge in [-0.1, -0.05) is 39.0 Å². The Kier molecular flexibility index (Phi) is 6.27. The number of pyridine rings is 1. The molecule has 0 amide bonds. The Morgan fingerprint density at radius 3 is 2.30 bits per heavy atom. The largest absolute Gasteiger partial charge is 0.542 e. The van der Waals surface area contributed by atoms with Crippen LogP contribution >= 0.6 is 0 Å². The summed E-state index contributed by atoms with van der Waals surface area (Å²) in [5, 5.41) is 12.0. The zero-order valence-corrected chi connectivity index (χ0v) is 19.6. The zero-order valence-electron chi connectivity index (χ0n) is 18.6. The second-order valence-electron chi connectivity index (χ2n) is 8.89. The highest BCUT2D eigenvalue weighted by Gasteiger charge is 2.25. The molecule has 0 aliphatic heterocycles. The molecule has 3 aromatic rings. The number of hydrogen-bond donors (Lipinski definition) is 0. The first kappa shape index (κ1) is 22.0. The van der Waals surface area contributed by atoms with E-state index in [-0.39, 0.29) is 16.0 Å². The second-order valence-corrected chi connectivity index (χ2v) is 10.9. The lowest BCUT2D eigenvalue weighted by Crippen LogP contribution is -2.18. The predicted molar refractivity (Wildman–Crippen MR) is 124 cm³/mol. The molecule has 30 heavy (non-hydrogen) atoms. The Morgan fingerprint density at radius 2 is 1.73 bits per heavy atom. The molecule has 0 saturated heterocycles. The first-order valence-corrected chi connectivity index (χ1v) is 12.6. The van der Waals surface area contributed by atoms with Gasteiger partial charge in [0.1, 0.15) is 5.75 Å². The third-order valence-electron chi connectivity index (χ3n) is 5.18. The Bertz CT molecular complexity index is 1070. The summed E-state index contributed by atoms with van der Waals surface area (Å²) in [4.78, 5) is 15.5. The first-order chi connectivity index (χ1) is 14.1. The highest BCUT2D eigenvalue weighted by molar-refractivity contribution is 6.49. The summed E-state index contributed by atoms with van der Waals surface area (Å²) < 4.78 is 6.22. The Hall–Kier alpha value is -2.73. The Balaban J connectivity index is 2.03. The summed E-state index contributed by atoms with van der Waals surface area (Å²) in [5.74, 6) is 0.925. The van der Waals surface area contributed by atoms with Crippen LogP contribution in [-0.4, -0.2) is 18.9 Å². The van der Waals surface area contributed by atoms with Crippen LogP contribution in [0.4, 0.5) is 5.69 Å². The van der Waals surface area contributed by atoms with Crippen LogP contribution in [0, 0.1) is 17.0 Å². The quantitative estimate of drug-likeness (QED) is 0.271. The van der Waals surface area contributed by atoms with Gasteiger partial charge in [-0.15, -0.1) is 0 Å². The van der Waals surface area contributed by atoms with Crippen molar-refractivity contribution in [1.29, 1.82) is 0 Å². The molecule has 5 nitrogen and oxygen atoms in total. The number of aromatic nitrogens is 1. The van der Waals surface area contributed by atoms with E-state index in [1.807, 2.05) is 24.3 Å². The molecule has 0 N–H and O–H groups in total. The van der Waals surface area contributed by atoms with E-state index in [0.717, 1.165) is 40.8 Å². The smallest absolute Gasteiger partial charge is 0.274 e. The van der Waals surface area contributed by atoms with Crippen LogP contribution in [0.5, 0.6) is 5.75 Å². The number of fused-ring (bicyclic) bond motifs is 1. The zero-order chi connectivity index (χ0) is 22.1. The minimum absolute atomic E-state index is 0.0543. The van der Waals surface area contributed by atoms with Gasteiger partial charge in [0, 0.05) is 23.2 Å².